The minimum Gasteiger partial charge on any atom is -0.497 e. The molecule has 0 saturated heterocycles. The van der Waals surface area contributed by atoms with Crippen molar-refractivity contribution in [3.05, 3.63) is 64.8 Å². The molecule has 8 heteroatoms. The Labute approximate surface area is 160 Å². The Morgan fingerprint density at radius 1 is 1.00 bits per heavy atom. The molecule has 0 saturated carbocycles. The normalized spacial score (nSPS) is 13.8. The van der Waals surface area contributed by atoms with Crippen molar-refractivity contribution in [3.63, 3.8) is 0 Å². The van der Waals surface area contributed by atoms with E-state index in [1.165, 1.54) is 20.3 Å². The second kappa shape index (κ2) is 7.51. The lowest BCUT2D eigenvalue weighted by Crippen LogP contribution is -2.32. The van der Waals surface area contributed by atoms with Crippen LogP contribution in [0.5, 0.6) is 5.75 Å². The monoisotopic (exact) mass is 386 g/mol. The summed E-state index contributed by atoms with van der Waals surface area (Å²) in [7, 11) is 2.77. The van der Waals surface area contributed by atoms with Crippen molar-refractivity contribution in [2.24, 2.45) is 0 Å². The molecule has 0 spiro atoms. The predicted molar refractivity (Wildman–Crippen MR) is 99.8 cm³/mol. The zero-order valence-electron chi connectivity index (χ0n) is 14.5. The average Bonchev–Trinajstić information content (AvgIpc) is 2.91. The number of hydrogen-bond donors (Lipinski definition) is 1. The third-order valence-electron chi connectivity index (χ3n) is 3.95. The summed E-state index contributed by atoms with van der Waals surface area (Å²) in [5.74, 6) is -1.29. The van der Waals surface area contributed by atoms with Crippen LogP contribution in [0.4, 0.5) is 11.4 Å². The maximum Gasteiger partial charge on any atom is 0.339 e. The average molecular weight is 387 g/mol. The Kier molecular flexibility index (Phi) is 5.14. The van der Waals surface area contributed by atoms with Crippen LogP contribution in [0.15, 0.2) is 59.3 Å². The van der Waals surface area contributed by atoms with Gasteiger partial charge in [0.15, 0.2) is 0 Å². The van der Waals surface area contributed by atoms with Gasteiger partial charge in [-0.2, -0.15) is 0 Å². The van der Waals surface area contributed by atoms with E-state index in [-0.39, 0.29) is 16.3 Å². The zero-order valence-corrected chi connectivity index (χ0v) is 15.2. The summed E-state index contributed by atoms with van der Waals surface area (Å²) in [5, 5.41) is 2.52. The van der Waals surface area contributed by atoms with Gasteiger partial charge in [0.2, 0.25) is 0 Å². The Bertz CT molecular complexity index is 953. The number of esters is 1. The van der Waals surface area contributed by atoms with E-state index < -0.39 is 17.8 Å². The molecular formula is C19H15ClN2O5. The van der Waals surface area contributed by atoms with Crippen molar-refractivity contribution in [1.29, 1.82) is 0 Å². The molecular weight excluding hydrogens is 372 g/mol. The number of rotatable bonds is 5. The Hall–Kier alpha value is -3.32. The summed E-state index contributed by atoms with van der Waals surface area (Å²) in [6.07, 6.45) is 0. The highest BCUT2D eigenvalue weighted by molar-refractivity contribution is 6.53. The quantitative estimate of drug-likeness (QED) is 0.628. The van der Waals surface area contributed by atoms with E-state index in [4.69, 9.17) is 21.1 Å². The Morgan fingerprint density at radius 2 is 1.67 bits per heavy atom. The summed E-state index contributed by atoms with van der Waals surface area (Å²) in [6, 6.07) is 12.8. The molecule has 0 aromatic heterocycles. The fraction of sp³-hybridized carbons (Fsp3) is 0.105. The van der Waals surface area contributed by atoms with Crippen LogP contribution in [-0.2, 0) is 14.3 Å². The van der Waals surface area contributed by atoms with Crippen molar-refractivity contribution in [1.82, 2.24) is 0 Å². The maximum absolute atomic E-state index is 12.8. The smallest absolute Gasteiger partial charge is 0.339 e. The van der Waals surface area contributed by atoms with Crippen LogP contribution in [0.25, 0.3) is 0 Å². The first kappa shape index (κ1) is 18.5. The summed E-state index contributed by atoms with van der Waals surface area (Å²) >= 11 is 6.11. The van der Waals surface area contributed by atoms with E-state index in [0.717, 1.165) is 4.90 Å². The van der Waals surface area contributed by atoms with Gasteiger partial charge in [-0.15, -0.1) is 0 Å². The number of para-hydroxylation sites is 1. The van der Waals surface area contributed by atoms with Gasteiger partial charge in [-0.3, -0.25) is 9.59 Å². The van der Waals surface area contributed by atoms with Crippen LogP contribution in [0, 0.1) is 0 Å². The molecule has 0 aliphatic carbocycles. The fourth-order valence-electron chi connectivity index (χ4n) is 2.59. The first-order valence-corrected chi connectivity index (χ1v) is 8.22. The summed E-state index contributed by atoms with van der Waals surface area (Å²) in [4.78, 5) is 38.1. The number of ether oxygens (including phenoxy) is 2. The molecule has 27 heavy (non-hydrogen) atoms. The Balaban J connectivity index is 1.92. The molecule has 2 aromatic carbocycles. The number of amides is 2. The molecule has 2 amide bonds. The third kappa shape index (κ3) is 3.37. The summed E-state index contributed by atoms with van der Waals surface area (Å²) in [5.41, 5.74) is 0.742. The topological polar surface area (TPSA) is 84.9 Å². The zero-order chi connectivity index (χ0) is 19.6. The van der Waals surface area contributed by atoms with Gasteiger partial charge in [0, 0.05) is 0 Å². The van der Waals surface area contributed by atoms with Crippen LogP contribution in [0.1, 0.15) is 10.4 Å². The van der Waals surface area contributed by atoms with Gasteiger partial charge >= 0.3 is 5.97 Å². The van der Waals surface area contributed by atoms with Gasteiger partial charge in [0.05, 0.1) is 31.2 Å². The summed E-state index contributed by atoms with van der Waals surface area (Å²) < 4.78 is 9.80. The number of nitrogens with one attached hydrogen (secondary N) is 1. The number of carbonyl (C=O) groups excluding carboxylic acids is 3. The van der Waals surface area contributed by atoms with E-state index in [1.54, 1.807) is 42.5 Å². The van der Waals surface area contributed by atoms with Crippen LogP contribution in [-0.4, -0.2) is 32.0 Å². The first-order chi connectivity index (χ1) is 13.0. The second-order valence-electron chi connectivity index (χ2n) is 5.49. The maximum atomic E-state index is 12.8. The van der Waals surface area contributed by atoms with Crippen LogP contribution >= 0.6 is 11.6 Å². The first-order valence-electron chi connectivity index (χ1n) is 7.85. The molecule has 138 valence electrons. The molecule has 7 nitrogen and oxygen atoms in total. The lowest BCUT2D eigenvalue weighted by molar-refractivity contribution is -0.120. The van der Waals surface area contributed by atoms with Crippen molar-refractivity contribution in [2.45, 2.75) is 0 Å². The minimum absolute atomic E-state index is 0.117. The van der Waals surface area contributed by atoms with Crippen LogP contribution in [0.2, 0.25) is 0 Å². The lowest BCUT2D eigenvalue weighted by atomic mass is 10.1. The SMILES string of the molecule is COC(=O)c1ccccc1NC1=C(Cl)C(=O)N(c2ccc(OC)cc2)C1=O. The number of anilines is 2. The minimum atomic E-state index is -0.662. The van der Waals surface area contributed by atoms with Gasteiger partial charge in [-0.05, 0) is 36.4 Å². The molecule has 0 radical (unpaired) electrons. The van der Waals surface area contributed by atoms with Gasteiger partial charge < -0.3 is 14.8 Å². The number of hydrogen-bond acceptors (Lipinski definition) is 6. The van der Waals surface area contributed by atoms with E-state index >= 15 is 0 Å². The predicted octanol–water partition coefficient (Wildman–Crippen LogP) is 2.92. The number of carbonyl (C=O) groups is 3. The number of imide groups is 1. The number of halogens is 1. The number of benzene rings is 2. The number of methoxy groups -OCH3 is 2. The summed E-state index contributed by atoms with van der Waals surface area (Å²) in [6.45, 7) is 0. The van der Waals surface area contributed by atoms with Gasteiger partial charge in [-0.1, -0.05) is 23.7 Å². The van der Waals surface area contributed by atoms with Gasteiger partial charge in [0.1, 0.15) is 16.5 Å². The molecule has 1 heterocycles. The van der Waals surface area contributed by atoms with Crippen LogP contribution in [0.3, 0.4) is 0 Å². The van der Waals surface area contributed by atoms with E-state index in [2.05, 4.69) is 5.32 Å². The highest BCUT2D eigenvalue weighted by atomic mass is 35.5. The molecule has 0 unspecified atom stereocenters. The molecule has 3 rings (SSSR count). The third-order valence-corrected chi connectivity index (χ3v) is 4.30. The molecule has 0 fully saturated rings. The van der Waals surface area contributed by atoms with Gasteiger partial charge in [0.25, 0.3) is 11.8 Å². The standard InChI is InChI=1S/C19H15ClN2O5/c1-26-12-9-7-11(8-10-12)22-17(23)15(20)16(18(22)24)21-14-6-4-3-5-13(14)19(25)27-2/h3-10,21H,1-2H3. The van der Waals surface area contributed by atoms with Crippen molar-refractivity contribution < 1.29 is 23.9 Å². The highest BCUT2D eigenvalue weighted by Gasteiger charge is 2.39. The van der Waals surface area contributed by atoms with Crippen molar-refractivity contribution in [2.75, 3.05) is 24.4 Å². The van der Waals surface area contributed by atoms with E-state index in [9.17, 15) is 14.4 Å². The Morgan fingerprint density at radius 3 is 2.30 bits per heavy atom. The van der Waals surface area contributed by atoms with Crippen molar-refractivity contribution in [3.8, 4) is 5.75 Å². The molecule has 1 N–H and O–H groups in total. The second-order valence-corrected chi connectivity index (χ2v) is 5.87. The molecule has 1 aliphatic rings. The van der Waals surface area contributed by atoms with Gasteiger partial charge in [-0.25, -0.2) is 9.69 Å². The molecule has 2 aromatic rings. The molecule has 1 aliphatic heterocycles. The van der Waals surface area contributed by atoms with Crippen molar-refractivity contribution >= 4 is 40.8 Å². The fourth-order valence-corrected chi connectivity index (χ4v) is 2.80. The van der Waals surface area contributed by atoms with E-state index in [1.807, 2.05) is 0 Å². The number of nitrogens with zero attached hydrogens (tertiary/aromatic N) is 1. The molecule has 0 atom stereocenters. The van der Waals surface area contributed by atoms with E-state index in [0.29, 0.717) is 17.1 Å². The largest absolute Gasteiger partial charge is 0.497 e. The highest BCUT2D eigenvalue weighted by Crippen LogP contribution is 2.31. The lowest BCUT2D eigenvalue weighted by Gasteiger charge is -2.16. The molecule has 0 bridgehead atoms. The van der Waals surface area contributed by atoms with Crippen LogP contribution < -0.4 is 15.0 Å².